The first-order valence-electron chi connectivity index (χ1n) is 8.20. The van der Waals surface area contributed by atoms with Crippen LogP contribution in [-0.4, -0.2) is 7.05 Å². The maximum absolute atomic E-state index is 2.28. The maximum Gasteiger partial charge on any atom is 0.0487 e. The molecule has 4 aromatic rings. The van der Waals surface area contributed by atoms with E-state index in [-0.39, 0.29) is 0 Å². The van der Waals surface area contributed by atoms with E-state index < -0.39 is 0 Å². The van der Waals surface area contributed by atoms with E-state index in [0.29, 0.717) is 0 Å². The Hall–Kier alpha value is -3.06. The molecule has 0 fully saturated rings. The third-order valence-corrected chi connectivity index (χ3v) is 4.48. The van der Waals surface area contributed by atoms with Crippen LogP contribution >= 0.6 is 0 Å². The zero-order chi connectivity index (χ0) is 16.4. The molecule has 0 aliphatic carbocycles. The fourth-order valence-electron chi connectivity index (χ4n) is 3.26. The van der Waals surface area contributed by atoms with E-state index in [0.717, 1.165) is 0 Å². The van der Waals surface area contributed by atoms with Crippen molar-refractivity contribution in [3.8, 4) is 11.1 Å². The average molecular weight is 309 g/mol. The first kappa shape index (κ1) is 14.5. The Labute approximate surface area is 142 Å². The molecule has 4 aromatic carbocycles. The van der Waals surface area contributed by atoms with E-state index in [9.17, 15) is 0 Å². The SMILES string of the molecule is CN(c1ccccc1-c1ccccc1)c1cccc2ccccc12. The fourth-order valence-corrected chi connectivity index (χ4v) is 3.26. The van der Waals surface area contributed by atoms with Crippen LogP contribution in [0.5, 0.6) is 0 Å². The highest BCUT2D eigenvalue weighted by Crippen LogP contribution is 2.36. The van der Waals surface area contributed by atoms with Crippen LogP contribution in [-0.2, 0) is 0 Å². The molecular formula is C23H19N. The topological polar surface area (TPSA) is 3.24 Å². The lowest BCUT2D eigenvalue weighted by molar-refractivity contribution is 1.22. The minimum absolute atomic E-state index is 1.21. The largest absolute Gasteiger partial charge is 0.344 e. The molecule has 0 aliphatic rings. The van der Waals surface area contributed by atoms with Gasteiger partial charge in [-0.1, -0.05) is 84.9 Å². The Balaban J connectivity index is 1.88. The minimum Gasteiger partial charge on any atom is -0.344 e. The Morgan fingerprint density at radius 2 is 1.17 bits per heavy atom. The molecule has 0 aromatic heterocycles. The number of anilines is 2. The van der Waals surface area contributed by atoms with Crippen molar-refractivity contribution in [3.05, 3.63) is 97.1 Å². The van der Waals surface area contributed by atoms with E-state index in [1.165, 1.54) is 33.3 Å². The fraction of sp³-hybridized carbons (Fsp3) is 0.0435. The number of benzene rings is 4. The van der Waals surface area contributed by atoms with Crippen LogP contribution in [0.25, 0.3) is 21.9 Å². The van der Waals surface area contributed by atoms with Crippen molar-refractivity contribution in [2.45, 2.75) is 0 Å². The lowest BCUT2D eigenvalue weighted by Crippen LogP contribution is -2.11. The highest BCUT2D eigenvalue weighted by atomic mass is 15.1. The number of rotatable bonds is 3. The summed E-state index contributed by atoms with van der Waals surface area (Å²) in [6.07, 6.45) is 0. The van der Waals surface area contributed by atoms with Gasteiger partial charge in [0, 0.05) is 29.4 Å². The van der Waals surface area contributed by atoms with E-state index in [1.807, 2.05) is 0 Å². The zero-order valence-corrected chi connectivity index (χ0v) is 13.7. The van der Waals surface area contributed by atoms with E-state index >= 15 is 0 Å². The Bertz CT molecular complexity index is 968. The number of hydrogen-bond donors (Lipinski definition) is 0. The summed E-state index contributed by atoms with van der Waals surface area (Å²) < 4.78 is 0. The van der Waals surface area contributed by atoms with Crippen LogP contribution < -0.4 is 4.90 Å². The van der Waals surface area contributed by atoms with Gasteiger partial charge in [0.15, 0.2) is 0 Å². The predicted molar refractivity (Wildman–Crippen MR) is 104 cm³/mol. The molecular weight excluding hydrogens is 290 g/mol. The lowest BCUT2D eigenvalue weighted by atomic mass is 10.0. The second kappa shape index (κ2) is 6.21. The van der Waals surface area contributed by atoms with E-state index in [1.54, 1.807) is 0 Å². The summed E-state index contributed by atoms with van der Waals surface area (Å²) in [5.74, 6) is 0. The van der Waals surface area contributed by atoms with Crippen molar-refractivity contribution in [3.63, 3.8) is 0 Å². The molecule has 0 atom stereocenters. The summed E-state index contributed by atoms with van der Waals surface area (Å²) in [5.41, 5.74) is 4.91. The lowest BCUT2D eigenvalue weighted by Gasteiger charge is -2.24. The monoisotopic (exact) mass is 309 g/mol. The predicted octanol–water partition coefficient (Wildman–Crippen LogP) is 6.27. The summed E-state index contributed by atoms with van der Waals surface area (Å²) in [6.45, 7) is 0. The molecule has 0 bridgehead atoms. The van der Waals surface area contributed by atoms with Crippen molar-refractivity contribution in [1.82, 2.24) is 0 Å². The van der Waals surface area contributed by atoms with Crippen molar-refractivity contribution in [2.24, 2.45) is 0 Å². The van der Waals surface area contributed by atoms with Crippen LogP contribution in [0, 0.1) is 0 Å². The molecule has 0 heterocycles. The number of nitrogens with zero attached hydrogens (tertiary/aromatic N) is 1. The van der Waals surface area contributed by atoms with E-state index in [2.05, 4.69) is 109 Å². The molecule has 1 heteroatoms. The molecule has 0 saturated carbocycles. The number of fused-ring (bicyclic) bond motifs is 1. The van der Waals surface area contributed by atoms with Gasteiger partial charge in [-0.2, -0.15) is 0 Å². The molecule has 0 amide bonds. The van der Waals surface area contributed by atoms with Gasteiger partial charge < -0.3 is 4.90 Å². The molecule has 0 saturated heterocycles. The first-order chi connectivity index (χ1) is 11.8. The number of para-hydroxylation sites is 1. The summed E-state index contributed by atoms with van der Waals surface area (Å²) in [6, 6.07) is 34.1. The third-order valence-electron chi connectivity index (χ3n) is 4.48. The Morgan fingerprint density at radius 3 is 2.04 bits per heavy atom. The van der Waals surface area contributed by atoms with Gasteiger partial charge in [0.25, 0.3) is 0 Å². The van der Waals surface area contributed by atoms with Gasteiger partial charge in [-0.25, -0.2) is 0 Å². The van der Waals surface area contributed by atoms with Crippen molar-refractivity contribution in [1.29, 1.82) is 0 Å². The van der Waals surface area contributed by atoms with Gasteiger partial charge in [-0.05, 0) is 23.1 Å². The van der Waals surface area contributed by atoms with Gasteiger partial charge >= 0.3 is 0 Å². The second-order valence-electron chi connectivity index (χ2n) is 5.94. The van der Waals surface area contributed by atoms with Crippen molar-refractivity contribution < 1.29 is 0 Å². The molecule has 4 rings (SSSR count). The summed E-state index contributed by atoms with van der Waals surface area (Å²) in [5, 5.41) is 2.53. The van der Waals surface area contributed by atoms with Gasteiger partial charge in [0.2, 0.25) is 0 Å². The van der Waals surface area contributed by atoms with Crippen LogP contribution in [0.1, 0.15) is 0 Å². The van der Waals surface area contributed by atoms with Gasteiger partial charge in [-0.3, -0.25) is 0 Å². The smallest absolute Gasteiger partial charge is 0.0487 e. The second-order valence-corrected chi connectivity index (χ2v) is 5.94. The Morgan fingerprint density at radius 1 is 0.542 bits per heavy atom. The van der Waals surface area contributed by atoms with Crippen molar-refractivity contribution in [2.75, 3.05) is 11.9 Å². The molecule has 0 radical (unpaired) electrons. The molecule has 0 N–H and O–H groups in total. The summed E-state index contributed by atoms with van der Waals surface area (Å²) >= 11 is 0. The maximum atomic E-state index is 2.28. The normalized spacial score (nSPS) is 10.7. The molecule has 1 nitrogen and oxygen atoms in total. The van der Waals surface area contributed by atoms with Gasteiger partial charge in [-0.15, -0.1) is 0 Å². The van der Waals surface area contributed by atoms with Gasteiger partial charge in [0.1, 0.15) is 0 Å². The standard InChI is InChI=1S/C23H19N/c1-24(23-17-9-13-19-12-5-6-14-21(19)23)22-16-8-7-15-20(22)18-10-3-2-4-11-18/h2-17H,1H3. The highest BCUT2D eigenvalue weighted by molar-refractivity contribution is 5.97. The van der Waals surface area contributed by atoms with Crippen LogP contribution in [0.15, 0.2) is 97.1 Å². The van der Waals surface area contributed by atoms with Crippen molar-refractivity contribution >= 4 is 22.1 Å². The highest BCUT2D eigenvalue weighted by Gasteiger charge is 2.12. The molecule has 0 spiro atoms. The molecule has 0 unspecified atom stereocenters. The quantitative estimate of drug-likeness (QED) is 0.431. The Kier molecular flexibility index (Phi) is 3.76. The van der Waals surface area contributed by atoms with Crippen LogP contribution in [0.3, 0.4) is 0 Å². The molecule has 0 aliphatic heterocycles. The summed E-state index contributed by atoms with van der Waals surface area (Å²) in [7, 11) is 2.14. The average Bonchev–Trinajstić information content (AvgIpc) is 2.68. The zero-order valence-electron chi connectivity index (χ0n) is 13.7. The number of hydrogen-bond acceptors (Lipinski definition) is 1. The van der Waals surface area contributed by atoms with Crippen LogP contribution in [0.2, 0.25) is 0 Å². The molecule has 24 heavy (non-hydrogen) atoms. The molecule has 116 valence electrons. The minimum atomic E-state index is 1.21. The van der Waals surface area contributed by atoms with Gasteiger partial charge in [0.05, 0.1) is 0 Å². The van der Waals surface area contributed by atoms with E-state index in [4.69, 9.17) is 0 Å². The first-order valence-corrected chi connectivity index (χ1v) is 8.20. The third kappa shape index (κ3) is 2.55. The van der Waals surface area contributed by atoms with Crippen LogP contribution in [0.4, 0.5) is 11.4 Å². The summed E-state index contributed by atoms with van der Waals surface area (Å²) in [4.78, 5) is 2.28.